The first-order valence-electron chi connectivity index (χ1n) is 8.74. The summed E-state index contributed by atoms with van der Waals surface area (Å²) < 4.78 is 0. The summed E-state index contributed by atoms with van der Waals surface area (Å²) in [7, 11) is 1.56. The third-order valence-electron chi connectivity index (χ3n) is 5.06. The normalized spacial score (nSPS) is 19.7. The third-order valence-corrected chi connectivity index (χ3v) is 5.06. The smallest absolute Gasteiger partial charge is 0.232 e. The summed E-state index contributed by atoms with van der Waals surface area (Å²) in [6.45, 7) is 2.72. The number of carbonyl (C=O) groups is 2. The molecule has 0 saturated carbocycles. The SMILES string of the molecule is CNC(=O)CC(=O)N1CCc2ccccc2[C@@H](c2ccccc2)[C@@H]1C. The molecule has 25 heavy (non-hydrogen) atoms. The molecule has 2 aromatic carbocycles. The van der Waals surface area contributed by atoms with E-state index in [1.54, 1.807) is 7.05 Å². The van der Waals surface area contributed by atoms with Gasteiger partial charge in [-0.2, -0.15) is 0 Å². The predicted molar refractivity (Wildman–Crippen MR) is 98.3 cm³/mol. The summed E-state index contributed by atoms with van der Waals surface area (Å²) >= 11 is 0. The maximum absolute atomic E-state index is 12.7. The summed E-state index contributed by atoms with van der Waals surface area (Å²) in [6, 6.07) is 18.7. The first-order chi connectivity index (χ1) is 12.1. The minimum absolute atomic E-state index is 0.0109. The molecule has 0 unspecified atom stereocenters. The molecule has 4 nitrogen and oxygen atoms in total. The zero-order chi connectivity index (χ0) is 17.8. The molecule has 4 heteroatoms. The van der Waals surface area contributed by atoms with Gasteiger partial charge in [0, 0.05) is 25.6 Å². The van der Waals surface area contributed by atoms with E-state index in [1.165, 1.54) is 16.7 Å². The van der Waals surface area contributed by atoms with Crippen molar-refractivity contribution in [3.63, 3.8) is 0 Å². The van der Waals surface area contributed by atoms with Crippen molar-refractivity contribution in [1.29, 1.82) is 0 Å². The largest absolute Gasteiger partial charge is 0.359 e. The Kier molecular flexibility index (Phi) is 5.17. The molecule has 2 amide bonds. The minimum atomic E-state index is -0.241. The highest BCUT2D eigenvalue weighted by molar-refractivity contribution is 5.97. The highest BCUT2D eigenvalue weighted by Crippen LogP contribution is 2.35. The lowest BCUT2D eigenvalue weighted by Crippen LogP contribution is -2.43. The fourth-order valence-electron chi connectivity index (χ4n) is 3.75. The van der Waals surface area contributed by atoms with E-state index in [1.807, 2.05) is 29.2 Å². The van der Waals surface area contributed by atoms with E-state index in [2.05, 4.69) is 42.6 Å². The van der Waals surface area contributed by atoms with E-state index >= 15 is 0 Å². The Morgan fingerprint density at radius 2 is 1.76 bits per heavy atom. The van der Waals surface area contributed by atoms with Gasteiger partial charge in [-0.25, -0.2) is 0 Å². The third kappa shape index (κ3) is 3.58. The molecule has 1 N–H and O–H groups in total. The van der Waals surface area contributed by atoms with E-state index < -0.39 is 0 Å². The highest BCUT2D eigenvalue weighted by Gasteiger charge is 2.33. The van der Waals surface area contributed by atoms with Crippen LogP contribution in [0.25, 0.3) is 0 Å². The number of hydrogen-bond acceptors (Lipinski definition) is 2. The van der Waals surface area contributed by atoms with Gasteiger partial charge in [-0.3, -0.25) is 9.59 Å². The van der Waals surface area contributed by atoms with Gasteiger partial charge >= 0.3 is 0 Å². The predicted octanol–water partition coefficient (Wildman–Crippen LogP) is 2.73. The molecule has 0 aromatic heterocycles. The number of fused-ring (bicyclic) bond motifs is 1. The van der Waals surface area contributed by atoms with Crippen LogP contribution in [0, 0.1) is 0 Å². The van der Waals surface area contributed by atoms with Crippen molar-refractivity contribution >= 4 is 11.8 Å². The average Bonchev–Trinajstić information content (AvgIpc) is 2.78. The Balaban J connectivity index is 1.99. The van der Waals surface area contributed by atoms with Gasteiger partial charge in [-0.05, 0) is 30.0 Å². The molecular weight excluding hydrogens is 312 g/mol. The van der Waals surface area contributed by atoms with Crippen molar-refractivity contribution in [2.75, 3.05) is 13.6 Å². The summed E-state index contributed by atoms with van der Waals surface area (Å²) in [5, 5.41) is 2.54. The minimum Gasteiger partial charge on any atom is -0.359 e. The van der Waals surface area contributed by atoms with Crippen LogP contribution in [-0.2, 0) is 16.0 Å². The number of nitrogens with zero attached hydrogens (tertiary/aromatic N) is 1. The lowest BCUT2D eigenvalue weighted by molar-refractivity contribution is -0.137. The molecule has 0 fully saturated rings. The number of amides is 2. The Bertz CT molecular complexity index is 758. The van der Waals surface area contributed by atoms with E-state index in [0.29, 0.717) is 6.54 Å². The fourth-order valence-corrected chi connectivity index (χ4v) is 3.75. The van der Waals surface area contributed by atoms with Crippen LogP contribution < -0.4 is 5.32 Å². The highest BCUT2D eigenvalue weighted by atomic mass is 16.2. The quantitative estimate of drug-likeness (QED) is 0.876. The van der Waals surface area contributed by atoms with Crippen LogP contribution in [0.15, 0.2) is 54.6 Å². The van der Waals surface area contributed by atoms with Gasteiger partial charge in [0.2, 0.25) is 11.8 Å². The molecule has 0 saturated heterocycles. The number of benzene rings is 2. The number of hydrogen-bond donors (Lipinski definition) is 1. The van der Waals surface area contributed by atoms with Crippen molar-refractivity contribution in [1.82, 2.24) is 10.2 Å². The van der Waals surface area contributed by atoms with Crippen LogP contribution >= 0.6 is 0 Å². The molecule has 2 atom stereocenters. The van der Waals surface area contributed by atoms with Crippen molar-refractivity contribution in [2.45, 2.75) is 31.7 Å². The van der Waals surface area contributed by atoms with Crippen LogP contribution in [0.4, 0.5) is 0 Å². The van der Waals surface area contributed by atoms with Crippen molar-refractivity contribution in [2.24, 2.45) is 0 Å². The number of nitrogens with one attached hydrogen (secondary N) is 1. The molecule has 0 radical (unpaired) electrons. The van der Waals surface area contributed by atoms with Crippen molar-refractivity contribution in [3.8, 4) is 0 Å². The van der Waals surface area contributed by atoms with E-state index in [0.717, 1.165) is 6.42 Å². The molecule has 0 bridgehead atoms. The van der Waals surface area contributed by atoms with Crippen molar-refractivity contribution in [3.05, 3.63) is 71.3 Å². The van der Waals surface area contributed by atoms with E-state index in [4.69, 9.17) is 0 Å². The maximum Gasteiger partial charge on any atom is 0.232 e. The maximum atomic E-state index is 12.7. The molecule has 1 heterocycles. The Labute approximate surface area is 148 Å². The van der Waals surface area contributed by atoms with Gasteiger partial charge in [0.15, 0.2) is 0 Å². The van der Waals surface area contributed by atoms with Gasteiger partial charge in [0.05, 0.1) is 0 Å². The van der Waals surface area contributed by atoms with Crippen LogP contribution in [-0.4, -0.2) is 36.3 Å². The lowest BCUT2D eigenvalue weighted by atomic mass is 9.83. The van der Waals surface area contributed by atoms with Crippen LogP contribution in [0.1, 0.15) is 36.0 Å². The Morgan fingerprint density at radius 1 is 1.08 bits per heavy atom. The molecule has 0 aliphatic carbocycles. The van der Waals surface area contributed by atoms with E-state index in [9.17, 15) is 9.59 Å². The number of carbonyl (C=O) groups excluding carboxylic acids is 2. The van der Waals surface area contributed by atoms with Gasteiger partial charge in [-0.15, -0.1) is 0 Å². The summed E-state index contributed by atoms with van der Waals surface area (Å²) in [4.78, 5) is 26.3. The number of rotatable bonds is 3. The van der Waals surface area contributed by atoms with Gasteiger partial charge in [0.25, 0.3) is 0 Å². The Morgan fingerprint density at radius 3 is 2.48 bits per heavy atom. The molecule has 130 valence electrons. The first-order valence-corrected chi connectivity index (χ1v) is 8.74. The lowest BCUT2D eigenvalue weighted by Gasteiger charge is -2.33. The standard InChI is InChI=1S/C21H24N2O2/c1-15-21(17-9-4-3-5-10-17)18-11-7-6-8-16(18)12-13-23(15)20(25)14-19(24)22-2/h3-11,15,21H,12-14H2,1-2H3,(H,22,24)/t15-,21+/m0/s1. The monoisotopic (exact) mass is 336 g/mol. The van der Waals surface area contributed by atoms with Crippen LogP contribution in [0.3, 0.4) is 0 Å². The summed E-state index contributed by atoms with van der Waals surface area (Å²) in [5.74, 6) is -0.246. The summed E-state index contributed by atoms with van der Waals surface area (Å²) in [5.41, 5.74) is 3.75. The van der Waals surface area contributed by atoms with Gasteiger partial charge in [-0.1, -0.05) is 54.6 Å². The van der Waals surface area contributed by atoms with Crippen molar-refractivity contribution < 1.29 is 9.59 Å². The second kappa shape index (κ2) is 7.51. The topological polar surface area (TPSA) is 49.4 Å². The molecule has 2 aromatic rings. The fraction of sp³-hybridized carbons (Fsp3) is 0.333. The molecule has 0 spiro atoms. The molecular formula is C21H24N2O2. The molecule has 3 rings (SSSR count). The molecule has 1 aliphatic heterocycles. The van der Waals surface area contributed by atoms with E-state index in [-0.39, 0.29) is 30.2 Å². The first kappa shape index (κ1) is 17.2. The zero-order valence-corrected chi connectivity index (χ0v) is 14.7. The van der Waals surface area contributed by atoms with Crippen LogP contribution in [0.2, 0.25) is 0 Å². The van der Waals surface area contributed by atoms with Crippen LogP contribution in [0.5, 0.6) is 0 Å². The summed E-state index contributed by atoms with van der Waals surface area (Å²) in [6.07, 6.45) is 0.710. The average molecular weight is 336 g/mol. The van der Waals surface area contributed by atoms with Gasteiger partial charge in [0.1, 0.15) is 6.42 Å². The Hall–Kier alpha value is -2.62. The molecule has 1 aliphatic rings. The zero-order valence-electron chi connectivity index (χ0n) is 14.7. The van der Waals surface area contributed by atoms with Gasteiger partial charge < -0.3 is 10.2 Å². The second-order valence-corrected chi connectivity index (χ2v) is 6.51. The second-order valence-electron chi connectivity index (χ2n) is 6.51.